The van der Waals surface area contributed by atoms with Gasteiger partial charge in [0.2, 0.25) is 15.9 Å². The molecule has 2 aliphatic heterocycles. The van der Waals surface area contributed by atoms with Crippen LogP contribution in [0.1, 0.15) is 58.6 Å². The Morgan fingerprint density at radius 2 is 1.46 bits per heavy atom. The maximum absolute atomic E-state index is 14.1. The Morgan fingerprint density at radius 3 is 2.04 bits per heavy atom. The van der Waals surface area contributed by atoms with Crippen LogP contribution in [0, 0.1) is 18.7 Å². The smallest absolute Gasteiger partial charge is 0.416 e. The third kappa shape index (κ3) is 9.06. The minimum atomic E-state index is -5.07. The molecule has 3 aromatic carbocycles. The van der Waals surface area contributed by atoms with E-state index in [-0.39, 0.29) is 63.7 Å². The number of hydrogen-bond donors (Lipinski definition) is 0. The number of alkyl halides is 6. The lowest BCUT2D eigenvalue weighted by molar-refractivity contribution is -0.143. The number of benzene rings is 3. The van der Waals surface area contributed by atoms with Crippen molar-refractivity contribution in [3.05, 3.63) is 106 Å². The van der Waals surface area contributed by atoms with Crippen LogP contribution in [0.4, 0.5) is 35.5 Å². The lowest BCUT2D eigenvalue weighted by Crippen LogP contribution is -2.52. The zero-order valence-corrected chi connectivity index (χ0v) is 29.2. The van der Waals surface area contributed by atoms with Gasteiger partial charge < -0.3 is 14.5 Å². The molecule has 2 saturated heterocycles. The molecule has 3 aromatic rings. The highest BCUT2D eigenvalue weighted by molar-refractivity contribution is 7.89. The van der Waals surface area contributed by atoms with Gasteiger partial charge in [0.05, 0.1) is 16.4 Å². The largest absolute Gasteiger partial charge is 0.445 e. The van der Waals surface area contributed by atoms with E-state index in [9.17, 15) is 48.7 Å². The average molecular weight is 758 g/mol. The Balaban J connectivity index is 1.31. The highest BCUT2D eigenvalue weighted by atomic mass is 32.2. The molecule has 2 unspecified atom stereocenters. The van der Waals surface area contributed by atoms with Crippen LogP contribution in [0.25, 0.3) is 0 Å². The van der Waals surface area contributed by atoms with Crippen molar-refractivity contribution in [1.29, 1.82) is 0 Å². The van der Waals surface area contributed by atoms with Crippen LogP contribution in [0.15, 0.2) is 66.7 Å². The second kappa shape index (κ2) is 15.4. The van der Waals surface area contributed by atoms with Gasteiger partial charge in [0.25, 0.3) is 0 Å². The fourth-order valence-electron chi connectivity index (χ4n) is 6.92. The molecule has 2 heterocycles. The number of ether oxygens (including phenoxy) is 1. The van der Waals surface area contributed by atoms with Crippen LogP contribution in [0.2, 0.25) is 0 Å². The summed E-state index contributed by atoms with van der Waals surface area (Å²) >= 11 is 0. The summed E-state index contributed by atoms with van der Waals surface area (Å²) in [4.78, 5) is 29.1. The number of rotatable bonds is 8. The molecular formula is C36H38F7N3O5S. The number of amides is 2. The Morgan fingerprint density at radius 1 is 0.846 bits per heavy atom. The maximum Gasteiger partial charge on any atom is 0.416 e. The number of piperidine rings is 2. The second-order valence-corrected chi connectivity index (χ2v) is 15.5. The van der Waals surface area contributed by atoms with Crippen LogP contribution in [0.3, 0.4) is 0 Å². The summed E-state index contributed by atoms with van der Waals surface area (Å²) in [7, 11) is -2.71. The van der Waals surface area contributed by atoms with E-state index in [0.29, 0.717) is 23.3 Å². The van der Waals surface area contributed by atoms with Crippen LogP contribution in [0.5, 0.6) is 0 Å². The lowest BCUT2D eigenvalue weighted by atomic mass is 9.79. The number of carbonyl (C=O) groups excluding carboxylic acids is 2. The van der Waals surface area contributed by atoms with Gasteiger partial charge in [-0.1, -0.05) is 36.4 Å². The van der Waals surface area contributed by atoms with E-state index in [1.165, 1.54) is 34.5 Å². The summed E-state index contributed by atoms with van der Waals surface area (Å²) in [5, 5.41) is -0.834. The standard InChI is InChI=1S/C36H38F7N3O5S/c1-23-16-28(37)8-9-30(23)32-21-46(52(49,50)29-10-13-45(14-11-29)34(48)51-22-24-6-4-3-5-7-24)15-12-31(32)33(47)44(2)20-25-17-26(35(38,39)40)19-27(18-25)36(41,42)43/h3-9,16-19,29,31-32H,10-15,20-22H2,1-2H3. The molecule has 2 atom stereocenters. The number of likely N-dealkylation sites (tertiary alicyclic amines) is 1. The molecule has 2 fully saturated rings. The second-order valence-electron chi connectivity index (χ2n) is 13.2. The molecule has 2 amide bonds. The van der Waals surface area contributed by atoms with Gasteiger partial charge >= 0.3 is 18.4 Å². The van der Waals surface area contributed by atoms with Crippen LogP contribution in [-0.2, 0) is 45.1 Å². The van der Waals surface area contributed by atoms with Crippen molar-refractivity contribution in [2.24, 2.45) is 5.92 Å². The van der Waals surface area contributed by atoms with Crippen LogP contribution in [-0.4, -0.2) is 73.0 Å². The Kier molecular flexibility index (Phi) is 11.6. The van der Waals surface area contributed by atoms with Gasteiger partial charge in [-0.15, -0.1) is 0 Å². The minimum Gasteiger partial charge on any atom is -0.445 e. The fraction of sp³-hybridized carbons (Fsp3) is 0.444. The molecule has 0 aliphatic carbocycles. The van der Waals surface area contributed by atoms with Crippen molar-refractivity contribution in [3.8, 4) is 0 Å². The van der Waals surface area contributed by atoms with E-state index in [1.807, 2.05) is 30.3 Å². The monoisotopic (exact) mass is 757 g/mol. The summed E-state index contributed by atoms with van der Waals surface area (Å²) in [6.45, 7) is 1.13. The summed E-state index contributed by atoms with van der Waals surface area (Å²) < 4.78 is 130. The first-order valence-electron chi connectivity index (χ1n) is 16.6. The predicted octanol–water partition coefficient (Wildman–Crippen LogP) is 7.37. The van der Waals surface area contributed by atoms with Gasteiger partial charge in [-0.05, 0) is 78.8 Å². The highest BCUT2D eigenvalue weighted by Gasteiger charge is 2.44. The summed E-state index contributed by atoms with van der Waals surface area (Å²) in [5.41, 5.74) is -1.67. The lowest BCUT2D eigenvalue weighted by Gasteiger charge is -2.41. The molecule has 5 rings (SSSR count). The molecule has 8 nitrogen and oxygen atoms in total. The van der Waals surface area contributed by atoms with E-state index in [4.69, 9.17) is 4.74 Å². The van der Waals surface area contributed by atoms with Gasteiger partial charge in [-0.3, -0.25) is 4.79 Å². The molecule has 52 heavy (non-hydrogen) atoms. The van der Waals surface area contributed by atoms with Crippen LogP contribution < -0.4 is 0 Å². The number of sulfonamides is 1. The first kappa shape index (κ1) is 39.0. The molecule has 16 heteroatoms. The van der Waals surface area contributed by atoms with Crippen molar-refractivity contribution in [3.63, 3.8) is 0 Å². The van der Waals surface area contributed by atoms with E-state index >= 15 is 0 Å². The van der Waals surface area contributed by atoms with E-state index in [0.717, 1.165) is 10.5 Å². The maximum atomic E-state index is 14.1. The molecule has 0 bridgehead atoms. The first-order chi connectivity index (χ1) is 24.3. The molecule has 0 saturated carbocycles. The molecular weight excluding hydrogens is 719 g/mol. The predicted molar refractivity (Wildman–Crippen MR) is 177 cm³/mol. The van der Waals surface area contributed by atoms with Gasteiger partial charge in [0, 0.05) is 51.6 Å². The summed E-state index contributed by atoms with van der Waals surface area (Å²) in [6, 6.07) is 14.1. The molecule has 2 aliphatic rings. The van der Waals surface area contributed by atoms with E-state index in [1.54, 1.807) is 6.92 Å². The number of aryl methyl sites for hydroxylation is 1. The number of hydrogen-bond acceptors (Lipinski definition) is 5. The first-order valence-corrected chi connectivity index (χ1v) is 18.1. The van der Waals surface area contributed by atoms with Crippen molar-refractivity contribution < 1.29 is 53.5 Å². The zero-order valence-electron chi connectivity index (χ0n) is 28.4. The van der Waals surface area contributed by atoms with Gasteiger partial charge in [-0.25, -0.2) is 21.9 Å². The summed E-state index contributed by atoms with van der Waals surface area (Å²) in [6.07, 6.45) is -10.4. The molecule has 0 radical (unpaired) electrons. The van der Waals surface area contributed by atoms with Crippen molar-refractivity contribution in [2.45, 2.75) is 62.9 Å². The van der Waals surface area contributed by atoms with Gasteiger partial charge in [-0.2, -0.15) is 26.3 Å². The van der Waals surface area contributed by atoms with E-state index in [2.05, 4.69) is 0 Å². The third-order valence-electron chi connectivity index (χ3n) is 9.65. The van der Waals surface area contributed by atoms with Crippen molar-refractivity contribution in [2.75, 3.05) is 33.2 Å². The zero-order chi connectivity index (χ0) is 38.0. The Labute approximate surface area is 297 Å². The number of halogens is 7. The fourth-order valence-corrected chi connectivity index (χ4v) is 8.88. The van der Waals surface area contributed by atoms with Crippen molar-refractivity contribution >= 4 is 22.0 Å². The van der Waals surface area contributed by atoms with Gasteiger partial charge in [0.1, 0.15) is 12.4 Å². The molecule has 282 valence electrons. The molecule has 0 N–H and O–H groups in total. The SMILES string of the molecule is Cc1cc(F)ccc1C1CN(S(=O)(=O)C2CCN(C(=O)OCc3ccccc3)CC2)CCC1C(=O)N(C)Cc1cc(C(F)(F)F)cc(C(F)(F)F)c1. The van der Waals surface area contributed by atoms with Gasteiger partial charge in [0.15, 0.2) is 0 Å². The Hall–Kier alpha value is -4.18. The minimum absolute atomic E-state index is 0.00899. The summed E-state index contributed by atoms with van der Waals surface area (Å²) in [5.74, 6) is -2.89. The third-order valence-corrected chi connectivity index (χ3v) is 12.0. The number of carbonyl (C=O) groups is 2. The quantitative estimate of drug-likeness (QED) is 0.224. The topological polar surface area (TPSA) is 87.2 Å². The number of nitrogens with zero attached hydrogens (tertiary/aromatic N) is 3. The normalized spacial score (nSPS) is 19.4. The average Bonchev–Trinajstić information content (AvgIpc) is 3.09. The van der Waals surface area contributed by atoms with Crippen molar-refractivity contribution in [1.82, 2.24) is 14.1 Å². The Bertz CT molecular complexity index is 1830. The van der Waals surface area contributed by atoms with E-state index < -0.39 is 75.0 Å². The molecule has 0 spiro atoms. The highest BCUT2D eigenvalue weighted by Crippen LogP contribution is 2.39. The molecule has 0 aromatic heterocycles. The van der Waals surface area contributed by atoms with Crippen LogP contribution >= 0.6 is 0 Å².